The molecule has 1 rings (SSSR count). The van der Waals surface area contributed by atoms with Crippen molar-refractivity contribution >= 4 is 87.2 Å². The lowest BCUT2D eigenvalue weighted by molar-refractivity contribution is 0.205. The third kappa shape index (κ3) is 4.63. The maximum absolute atomic E-state index is 12.3. The van der Waals surface area contributed by atoms with Gasteiger partial charge in [0.2, 0.25) is 0 Å². The number of hydrogen-bond donors (Lipinski definition) is 0. The lowest BCUT2D eigenvalue weighted by Crippen LogP contribution is -2.01. The van der Waals surface area contributed by atoms with E-state index in [0.29, 0.717) is 12.8 Å². The fraction of sp³-hybridized carbons (Fsp3) is 0.455. The Labute approximate surface area is 160 Å². The summed E-state index contributed by atoms with van der Waals surface area (Å²) in [7, 11) is -3.03. The normalized spacial score (nSPS) is 14.3. The van der Waals surface area contributed by atoms with Crippen molar-refractivity contribution in [3.8, 4) is 0 Å². The second-order valence-corrected chi connectivity index (χ2v) is 10.0. The largest absolute Gasteiger partial charge is 0.330 e. The summed E-state index contributed by atoms with van der Waals surface area (Å²) in [6.45, 7) is 4.12. The van der Waals surface area contributed by atoms with Crippen LogP contribution in [-0.2, 0) is 20.2 Å². The van der Waals surface area contributed by atoms with Crippen LogP contribution in [0.3, 0.4) is 0 Å². The number of rotatable bonds is 6. The van der Waals surface area contributed by atoms with Crippen LogP contribution in [0.4, 0.5) is 0 Å². The monoisotopic (exact) mass is 618 g/mol. The molecule has 0 heterocycles. The SMILES string of the molecule is CCOP(=O)(CC)OCc1c(Br)c(Br)c(Br)c(Br)c1Br. The molecule has 0 fully saturated rings. The Morgan fingerprint density at radius 2 is 1.30 bits per heavy atom. The quantitative estimate of drug-likeness (QED) is 0.190. The molecule has 20 heavy (non-hydrogen) atoms. The van der Waals surface area contributed by atoms with Crippen molar-refractivity contribution in [2.45, 2.75) is 20.5 Å². The van der Waals surface area contributed by atoms with E-state index in [4.69, 9.17) is 9.05 Å². The maximum Gasteiger partial charge on any atom is 0.330 e. The Kier molecular flexibility index (Phi) is 8.50. The van der Waals surface area contributed by atoms with E-state index in [9.17, 15) is 4.57 Å². The first kappa shape index (κ1) is 19.8. The Bertz CT molecular complexity index is 520. The van der Waals surface area contributed by atoms with Crippen molar-refractivity contribution in [1.29, 1.82) is 0 Å². The topological polar surface area (TPSA) is 35.5 Å². The van der Waals surface area contributed by atoms with Gasteiger partial charge in [0.1, 0.15) is 0 Å². The van der Waals surface area contributed by atoms with Gasteiger partial charge in [-0.2, -0.15) is 0 Å². The number of benzene rings is 1. The Hall–Kier alpha value is 1.77. The molecule has 9 heteroatoms. The molecule has 0 aliphatic rings. The van der Waals surface area contributed by atoms with E-state index in [0.717, 1.165) is 27.9 Å². The van der Waals surface area contributed by atoms with E-state index in [1.54, 1.807) is 13.8 Å². The first-order chi connectivity index (χ1) is 9.27. The molecule has 3 nitrogen and oxygen atoms in total. The van der Waals surface area contributed by atoms with Crippen LogP contribution in [0.5, 0.6) is 0 Å². The maximum atomic E-state index is 12.3. The molecule has 0 spiro atoms. The predicted octanol–water partition coefficient (Wildman–Crippen LogP) is 7.27. The smallest absolute Gasteiger partial charge is 0.309 e. The molecule has 1 aromatic carbocycles. The molecule has 1 atom stereocenters. The summed E-state index contributed by atoms with van der Waals surface area (Å²) in [6, 6.07) is 0. The van der Waals surface area contributed by atoms with Gasteiger partial charge in [0, 0.05) is 34.1 Å². The van der Waals surface area contributed by atoms with Gasteiger partial charge in [-0.05, 0) is 86.6 Å². The van der Waals surface area contributed by atoms with Crippen molar-refractivity contribution < 1.29 is 13.6 Å². The van der Waals surface area contributed by atoms with Gasteiger partial charge in [0.05, 0.1) is 13.2 Å². The minimum atomic E-state index is -3.03. The van der Waals surface area contributed by atoms with E-state index in [1.165, 1.54) is 0 Å². The molecule has 114 valence electrons. The zero-order valence-electron chi connectivity index (χ0n) is 10.7. The molecule has 0 saturated heterocycles. The highest BCUT2D eigenvalue weighted by atomic mass is 79.9. The van der Waals surface area contributed by atoms with Gasteiger partial charge >= 0.3 is 7.60 Å². The van der Waals surface area contributed by atoms with E-state index in [2.05, 4.69) is 79.6 Å². The summed E-state index contributed by atoms with van der Waals surface area (Å²) >= 11 is 17.4. The Balaban J connectivity index is 3.08. The van der Waals surface area contributed by atoms with Crippen molar-refractivity contribution in [3.63, 3.8) is 0 Å². The second kappa shape index (κ2) is 8.57. The number of hydrogen-bond acceptors (Lipinski definition) is 3. The molecular formula is C11H12Br5O3P. The Morgan fingerprint density at radius 3 is 1.70 bits per heavy atom. The van der Waals surface area contributed by atoms with Crippen LogP contribution < -0.4 is 0 Å². The van der Waals surface area contributed by atoms with Crippen molar-refractivity contribution in [3.05, 3.63) is 27.9 Å². The summed E-state index contributed by atoms with van der Waals surface area (Å²) in [5.41, 5.74) is 0.848. The van der Waals surface area contributed by atoms with Crippen LogP contribution in [0.25, 0.3) is 0 Å². The summed E-state index contributed by atoms with van der Waals surface area (Å²) in [5, 5.41) is 0. The molecule has 0 saturated carbocycles. The van der Waals surface area contributed by atoms with Crippen LogP contribution in [0.15, 0.2) is 22.4 Å². The van der Waals surface area contributed by atoms with Gasteiger partial charge in [-0.3, -0.25) is 4.57 Å². The van der Waals surface area contributed by atoms with Crippen LogP contribution >= 0.6 is 87.2 Å². The highest BCUT2D eigenvalue weighted by Gasteiger charge is 2.24. The first-order valence-electron chi connectivity index (χ1n) is 5.65. The highest BCUT2D eigenvalue weighted by Crippen LogP contribution is 2.51. The molecule has 1 aromatic rings. The van der Waals surface area contributed by atoms with Crippen molar-refractivity contribution in [2.24, 2.45) is 0 Å². The lowest BCUT2D eigenvalue weighted by atomic mass is 10.2. The van der Waals surface area contributed by atoms with Crippen LogP contribution in [0.1, 0.15) is 19.4 Å². The third-order valence-electron chi connectivity index (χ3n) is 2.42. The zero-order valence-corrected chi connectivity index (χ0v) is 19.5. The molecule has 0 aliphatic heterocycles. The average Bonchev–Trinajstić information content (AvgIpc) is 2.43. The molecule has 0 amide bonds. The second-order valence-electron chi connectivity index (χ2n) is 3.67. The summed E-state index contributed by atoms with van der Waals surface area (Å²) in [5.74, 6) is 0. The predicted molar refractivity (Wildman–Crippen MR) is 99.5 cm³/mol. The minimum Gasteiger partial charge on any atom is -0.309 e. The van der Waals surface area contributed by atoms with Crippen molar-refractivity contribution in [1.82, 2.24) is 0 Å². The van der Waals surface area contributed by atoms with Crippen molar-refractivity contribution in [2.75, 3.05) is 12.8 Å². The fourth-order valence-electron chi connectivity index (χ4n) is 1.36. The number of halogens is 5. The van der Waals surface area contributed by atoms with Gasteiger partial charge in [0.25, 0.3) is 0 Å². The lowest BCUT2D eigenvalue weighted by Gasteiger charge is -2.18. The Morgan fingerprint density at radius 1 is 0.850 bits per heavy atom. The minimum absolute atomic E-state index is 0.177. The molecule has 0 N–H and O–H groups in total. The van der Waals surface area contributed by atoms with E-state index < -0.39 is 7.60 Å². The molecule has 0 bridgehead atoms. The van der Waals surface area contributed by atoms with Crippen LogP contribution in [-0.4, -0.2) is 12.8 Å². The molecular weight excluding hydrogens is 611 g/mol. The van der Waals surface area contributed by atoms with E-state index in [-0.39, 0.29) is 6.61 Å². The first-order valence-corrected chi connectivity index (χ1v) is 11.3. The summed E-state index contributed by atoms with van der Waals surface area (Å²) < 4.78 is 27.3. The summed E-state index contributed by atoms with van der Waals surface area (Å²) in [6.07, 6.45) is 0.342. The van der Waals surface area contributed by atoms with Crippen LogP contribution in [0.2, 0.25) is 0 Å². The molecule has 0 aromatic heterocycles. The fourth-order valence-corrected chi connectivity index (χ4v) is 5.87. The molecule has 0 aliphatic carbocycles. The molecule has 1 unspecified atom stereocenters. The van der Waals surface area contributed by atoms with E-state index in [1.807, 2.05) is 0 Å². The summed E-state index contributed by atoms with van der Waals surface area (Å²) in [4.78, 5) is 0. The average molecular weight is 623 g/mol. The third-order valence-corrected chi connectivity index (χ3v) is 10.6. The highest BCUT2D eigenvalue weighted by molar-refractivity contribution is 9.15. The van der Waals surface area contributed by atoms with Crippen LogP contribution in [0, 0.1) is 0 Å². The zero-order chi connectivity index (χ0) is 15.5. The van der Waals surface area contributed by atoms with Gasteiger partial charge in [-0.15, -0.1) is 0 Å². The van der Waals surface area contributed by atoms with Gasteiger partial charge < -0.3 is 9.05 Å². The van der Waals surface area contributed by atoms with E-state index >= 15 is 0 Å². The molecule has 0 radical (unpaired) electrons. The van der Waals surface area contributed by atoms with Gasteiger partial charge in [-0.1, -0.05) is 6.92 Å². The van der Waals surface area contributed by atoms with Gasteiger partial charge in [-0.25, -0.2) is 0 Å². The standard InChI is InChI=1S/C11H12Br5O3P/c1-3-18-20(17,4-2)19-5-6-7(12)9(14)11(16)10(15)8(6)13/h3-5H2,1-2H3. The van der Waals surface area contributed by atoms with Gasteiger partial charge in [0.15, 0.2) is 0 Å².